The van der Waals surface area contributed by atoms with Crippen molar-refractivity contribution in [1.29, 1.82) is 0 Å². The van der Waals surface area contributed by atoms with Gasteiger partial charge in [-0.1, -0.05) is 63.6 Å². The van der Waals surface area contributed by atoms with Gasteiger partial charge in [-0.3, -0.25) is 0 Å². The molecule has 106 valence electrons. The van der Waals surface area contributed by atoms with Crippen LogP contribution in [-0.4, -0.2) is 16.1 Å². The first-order valence-corrected chi connectivity index (χ1v) is 13.9. The maximum Gasteiger partial charge on any atom is 2.00 e. The molecule has 0 saturated carbocycles. The Morgan fingerprint density at radius 3 is 1.68 bits per heavy atom. The molecule has 0 radical (unpaired) electrons. The predicted octanol–water partition coefficient (Wildman–Crippen LogP) is 4.77. The fourth-order valence-electron chi connectivity index (χ4n) is 1.88. The second kappa shape index (κ2) is 7.54. The molecule has 1 aliphatic carbocycles. The zero-order valence-corrected chi connectivity index (χ0v) is 16.2. The smallest absolute Gasteiger partial charge is 0.214 e. The maximum absolute atomic E-state index is 2.40. The van der Waals surface area contributed by atoms with E-state index in [0.29, 0.717) is 0 Å². The summed E-state index contributed by atoms with van der Waals surface area (Å²) < 4.78 is 0. The third-order valence-corrected chi connectivity index (χ3v) is 7.73. The van der Waals surface area contributed by atoms with Gasteiger partial charge >= 0.3 is 17.1 Å². The Balaban J connectivity index is 0.000000324. The van der Waals surface area contributed by atoms with Crippen LogP contribution in [0.1, 0.15) is 0 Å². The Kier molecular flexibility index (Phi) is 7.45. The molecular formula is C16H27FeSi2+. The standard InChI is InChI=1S/C8H14Si.C8H13Si.Fe/c2*1-9(2,3)8-6-4-5-7-8;/h4-8H,1-3H3;4-7H,1-3H3;/q;-1;+2. The Morgan fingerprint density at radius 2 is 1.47 bits per heavy atom. The van der Waals surface area contributed by atoms with Gasteiger partial charge in [-0.2, -0.15) is 17.3 Å². The van der Waals surface area contributed by atoms with E-state index in [-0.39, 0.29) is 17.1 Å². The van der Waals surface area contributed by atoms with Gasteiger partial charge in [0.05, 0.1) is 16.1 Å². The molecule has 0 aromatic heterocycles. The number of hydrogen-bond donors (Lipinski definition) is 0. The van der Waals surface area contributed by atoms with Gasteiger partial charge in [-0.25, -0.2) is 12.1 Å². The van der Waals surface area contributed by atoms with Crippen molar-refractivity contribution in [3.8, 4) is 0 Å². The van der Waals surface area contributed by atoms with Gasteiger partial charge in [-0.05, 0) is 5.54 Å². The molecule has 0 bridgehead atoms. The van der Waals surface area contributed by atoms with Crippen LogP contribution in [0, 0.1) is 0 Å². The first kappa shape index (κ1) is 18.8. The van der Waals surface area contributed by atoms with Gasteiger partial charge in [0, 0.05) is 0 Å². The van der Waals surface area contributed by atoms with Gasteiger partial charge in [0.25, 0.3) is 0 Å². The van der Waals surface area contributed by atoms with Crippen molar-refractivity contribution >= 4 is 21.3 Å². The first-order valence-electron chi connectivity index (χ1n) is 6.78. The molecule has 0 N–H and O–H groups in total. The molecule has 0 saturated heterocycles. The minimum Gasteiger partial charge on any atom is -0.214 e. The van der Waals surface area contributed by atoms with Gasteiger partial charge in [-0.15, -0.1) is 0 Å². The zero-order chi connectivity index (χ0) is 13.8. The van der Waals surface area contributed by atoms with Gasteiger partial charge in [0.2, 0.25) is 0 Å². The molecule has 0 spiro atoms. The minimum absolute atomic E-state index is 0. The van der Waals surface area contributed by atoms with Gasteiger partial charge in [0.1, 0.15) is 0 Å². The molecule has 0 aliphatic heterocycles. The average Bonchev–Trinajstić information content (AvgIpc) is 2.91. The Morgan fingerprint density at radius 1 is 0.947 bits per heavy atom. The average molecular weight is 331 g/mol. The molecule has 0 nitrogen and oxygen atoms in total. The third kappa shape index (κ3) is 6.66. The van der Waals surface area contributed by atoms with Crippen LogP contribution in [0.3, 0.4) is 0 Å². The molecule has 0 amide bonds. The summed E-state index contributed by atoms with van der Waals surface area (Å²) in [6.07, 6.45) is 8.93. The summed E-state index contributed by atoms with van der Waals surface area (Å²) in [5.74, 6) is 0. The summed E-state index contributed by atoms with van der Waals surface area (Å²) in [5, 5.41) is 1.56. The molecule has 1 aromatic rings. The van der Waals surface area contributed by atoms with Crippen LogP contribution in [0.25, 0.3) is 0 Å². The van der Waals surface area contributed by atoms with Crippen molar-refractivity contribution in [2.45, 2.75) is 44.8 Å². The summed E-state index contributed by atoms with van der Waals surface area (Å²) in [4.78, 5) is 0. The quantitative estimate of drug-likeness (QED) is 0.541. The van der Waals surface area contributed by atoms with E-state index in [4.69, 9.17) is 0 Å². The minimum atomic E-state index is -0.981. The van der Waals surface area contributed by atoms with E-state index in [1.165, 1.54) is 0 Å². The predicted molar refractivity (Wildman–Crippen MR) is 90.4 cm³/mol. The van der Waals surface area contributed by atoms with Crippen LogP contribution in [0.15, 0.2) is 48.6 Å². The summed E-state index contributed by atoms with van der Waals surface area (Å²) in [7, 11) is -1.88. The molecule has 0 heterocycles. The van der Waals surface area contributed by atoms with Crippen LogP contribution >= 0.6 is 0 Å². The fourth-order valence-corrected chi connectivity index (χ4v) is 4.45. The fraction of sp³-hybridized carbons (Fsp3) is 0.438. The Bertz CT molecular complexity index is 391. The SMILES string of the molecule is C[Si](C)(C)C1C=CC=C1.C[Si](C)(C)c1ccc[cH-]1.[Fe+2]. The van der Waals surface area contributed by atoms with Crippen molar-refractivity contribution < 1.29 is 17.1 Å². The summed E-state index contributed by atoms with van der Waals surface area (Å²) >= 11 is 0. The molecule has 1 aromatic carbocycles. The van der Waals surface area contributed by atoms with E-state index >= 15 is 0 Å². The summed E-state index contributed by atoms with van der Waals surface area (Å²) in [6.45, 7) is 14.3. The normalized spacial score (nSPS) is 14.8. The van der Waals surface area contributed by atoms with Crippen LogP contribution in [0.4, 0.5) is 0 Å². The molecule has 2 rings (SSSR count). The largest absolute Gasteiger partial charge is 2.00 e. The monoisotopic (exact) mass is 331 g/mol. The molecule has 0 unspecified atom stereocenters. The Labute approximate surface area is 131 Å². The number of hydrogen-bond acceptors (Lipinski definition) is 0. The van der Waals surface area contributed by atoms with Crippen LogP contribution in [-0.2, 0) is 17.1 Å². The molecular weight excluding hydrogens is 304 g/mol. The van der Waals surface area contributed by atoms with E-state index in [9.17, 15) is 0 Å². The van der Waals surface area contributed by atoms with Gasteiger partial charge < -0.3 is 0 Å². The molecule has 1 aliphatic rings. The van der Waals surface area contributed by atoms with Crippen molar-refractivity contribution in [3.63, 3.8) is 0 Å². The molecule has 0 atom stereocenters. The number of rotatable bonds is 2. The van der Waals surface area contributed by atoms with Crippen molar-refractivity contribution in [1.82, 2.24) is 0 Å². The van der Waals surface area contributed by atoms with Crippen molar-refractivity contribution in [2.24, 2.45) is 0 Å². The molecule has 3 heteroatoms. The van der Waals surface area contributed by atoms with Crippen LogP contribution in [0.5, 0.6) is 0 Å². The first-order chi connectivity index (χ1) is 8.21. The summed E-state index contributed by atoms with van der Waals surface area (Å²) in [5.41, 5.74) is 0.789. The van der Waals surface area contributed by atoms with E-state index < -0.39 is 16.1 Å². The van der Waals surface area contributed by atoms with E-state index in [1.54, 1.807) is 5.19 Å². The number of allylic oxidation sites excluding steroid dienone is 4. The zero-order valence-electron chi connectivity index (χ0n) is 13.0. The summed E-state index contributed by atoms with van der Waals surface area (Å²) in [6, 6.07) is 8.69. The Hall–Kier alpha value is -0.217. The van der Waals surface area contributed by atoms with E-state index in [1.807, 2.05) is 0 Å². The topological polar surface area (TPSA) is 0 Å². The molecule has 0 fully saturated rings. The van der Waals surface area contributed by atoms with Gasteiger partial charge in [0.15, 0.2) is 0 Å². The maximum atomic E-state index is 2.40. The van der Waals surface area contributed by atoms with E-state index in [2.05, 4.69) is 87.9 Å². The van der Waals surface area contributed by atoms with Crippen LogP contribution < -0.4 is 5.19 Å². The second-order valence-corrected chi connectivity index (χ2v) is 17.6. The third-order valence-electron chi connectivity index (χ3n) is 3.28. The second-order valence-electron chi connectivity index (χ2n) is 7.09. The van der Waals surface area contributed by atoms with E-state index in [0.717, 1.165) is 5.54 Å². The van der Waals surface area contributed by atoms with Crippen molar-refractivity contribution in [2.75, 3.05) is 0 Å². The van der Waals surface area contributed by atoms with Crippen molar-refractivity contribution in [3.05, 3.63) is 48.6 Å². The van der Waals surface area contributed by atoms with Crippen LogP contribution in [0.2, 0.25) is 44.8 Å². The molecule has 19 heavy (non-hydrogen) atoms.